The average molecular weight is 355 g/mol. The second kappa shape index (κ2) is 6.89. The van der Waals surface area contributed by atoms with Crippen LogP contribution in [0.2, 0.25) is 5.02 Å². The van der Waals surface area contributed by atoms with Gasteiger partial charge in [0.15, 0.2) is 0 Å². The molecule has 0 bridgehead atoms. The summed E-state index contributed by atoms with van der Waals surface area (Å²) in [6.07, 6.45) is 4.50. The van der Waals surface area contributed by atoms with Crippen molar-refractivity contribution in [3.63, 3.8) is 0 Å². The van der Waals surface area contributed by atoms with Crippen LogP contribution in [-0.4, -0.2) is 23.5 Å². The number of benzene rings is 1. The number of fused-ring (bicyclic) bond motifs is 1. The number of hydrogen-bond acceptors (Lipinski definition) is 3. The summed E-state index contributed by atoms with van der Waals surface area (Å²) in [6, 6.07) is 4.64. The van der Waals surface area contributed by atoms with Crippen molar-refractivity contribution in [3.8, 4) is 5.75 Å². The highest BCUT2D eigenvalue weighted by Crippen LogP contribution is 2.31. The molecule has 1 aromatic heterocycles. The maximum Gasteiger partial charge on any atom is 0.387 e. The van der Waals surface area contributed by atoms with E-state index < -0.39 is 6.61 Å². The van der Waals surface area contributed by atoms with Gasteiger partial charge in [0, 0.05) is 23.7 Å². The monoisotopic (exact) mass is 354 g/mol. The molecule has 128 valence electrons. The third-order valence-electron chi connectivity index (χ3n) is 4.24. The highest BCUT2D eigenvalue weighted by Gasteiger charge is 2.23. The van der Waals surface area contributed by atoms with Crippen LogP contribution < -0.4 is 10.1 Å². The lowest BCUT2D eigenvalue weighted by Crippen LogP contribution is -2.32. The average Bonchev–Trinajstić information content (AvgIpc) is 2.92. The van der Waals surface area contributed by atoms with E-state index in [2.05, 4.69) is 22.0 Å². The van der Waals surface area contributed by atoms with Gasteiger partial charge in [-0.05, 0) is 37.3 Å². The number of amides is 1. The second-order valence-electron chi connectivity index (χ2n) is 6.17. The summed E-state index contributed by atoms with van der Waals surface area (Å²) >= 11 is 5.95. The van der Waals surface area contributed by atoms with E-state index in [9.17, 15) is 13.6 Å². The molecule has 0 radical (unpaired) electrons. The Labute approximate surface area is 143 Å². The van der Waals surface area contributed by atoms with Crippen LogP contribution in [0.1, 0.15) is 36.5 Å². The number of halogens is 3. The van der Waals surface area contributed by atoms with Gasteiger partial charge in [-0.3, -0.25) is 9.78 Å². The summed E-state index contributed by atoms with van der Waals surface area (Å²) in [5.74, 6) is 0.299. The lowest BCUT2D eigenvalue weighted by Gasteiger charge is -2.13. The number of hydrogen-bond donors (Lipinski definition) is 1. The predicted octanol–water partition coefficient (Wildman–Crippen LogP) is 4.41. The van der Waals surface area contributed by atoms with Gasteiger partial charge in [0.1, 0.15) is 5.75 Å². The zero-order chi connectivity index (χ0) is 17.3. The third kappa shape index (κ3) is 3.75. The first kappa shape index (κ1) is 16.9. The number of pyridine rings is 1. The fourth-order valence-corrected chi connectivity index (χ4v) is 3.26. The highest BCUT2D eigenvalue weighted by molar-refractivity contribution is 6.32. The zero-order valence-electron chi connectivity index (χ0n) is 13.1. The maximum atomic E-state index is 12.3. The van der Waals surface area contributed by atoms with E-state index in [1.807, 2.05) is 0 Å². The van der Waals surface area contributed by atoms with Crippen molar-refractivity contribution in [3.05, 3.63) is 35.0 Å². The maximum absolute atomic E-state index is 12.3. The molecule has 1 aromatic carbocycles. The minimum atomic E-state index is -2.96. The molecule has 2 atom stereocenters. The minimum absolute atomic E-state index is 0.0479. The molecule has 1 amide bonds. The van der Waals surface area contributed by atoms with Crippen LogP contribution in [0.5, 0.6) is 5.75 Å². The first-order valence-corrected chi connectivity index (χ1v) is 8.15. The first-order chi connectivity index (χ1) is 11.4. The molecular weight excluding hydrogens is 338 g/mol. The number of carbonyl (C=O) groups is 1. The Balaban J connectivity index is 1.81. The van der Waals surface area contributed by atoms with E-state index in [0.717, 1.165) is 19.3 Å². The van der Waals surface area contributed by atoms with Crippen LogP contribution in [-0.2, 0) is 0 Å². The first-order valence-electron chi connectivity index (χ1n) is 7.77. The molecule has 7 heteroatoms. The van der Waals surface area contributed by atoms with Crippen molar-refractivity contribution in [2.75, 3.05) is 0 Å². The van der Waals surface area contributed by atoms with Crippen LogP contribution >= 0.6 is 11.6 Å². The van der Waals surface area contributed by atoms with Crippen molar-refractivity contribution in [1.29, 1.82) is 0 Å². The van der Waals surface area contributed by atoms with Gasteiger partial charge in [0.25, 0.3) is 5.91 Å². The molecule has 1 aliphatic carbocycles. The Morgan fingerprint density at radius 3 is 2.83 bits per heavy atom. The van der Waals surface area contributed by atoms with Crippen molar-refractivity contribution in [2.45, 2.75) is 38.8 Å². The van der Waals surface area contributed by atoms with Crippen molar-refractivity contribution >= 4 is 28.4 Å². The molecule has 1 saturated carbocycles. The standard InChI is InChI=1S/C17H17ClF2N2O2/c1-9-2-3-12(4-9)22-16(23)11-5-10-6-13(18)15(24-17(19)20)7-14(10)21-8-11/h5-9,12,17H,2-4H2,1H3,(H,22,23). The Kier molecular flexibility index (Phi) is 4.85. The van der Waals surface area contributed by atoms with E-state index >= 15 is 0 Å². The molecule has 0 saturated heterocycles. The molecule has 1 N–H and O–H groups in total. The molecule has 2 unspecified atom stereocenters. The topological polar surface area (TPSA) is 51.2 Å². The SMILES string of the molecule is CC1CCC(NC(=O)c2cnc3cc(OC(F)F)c(Cl)cc3c2)C1. The summed E-state index contributed by atoms with van der Waals surface area (Å²) in [6.45, 7) is -0.788. The Hall–Kier alpha value is -1.95. The lowest BCUT2D eigenvalue weighted by atomic mass is 10.1. The van der Waals surface area contributed by atoms with E-state index in [4.69, 9.17) is 11.6 Å². The number of alkyl halides is 2. The summed E-state index contributed by atoms with van der Waals surface area (Å²) in [4.78, 5) is 16.5. The van der Waals surface area contributed by atoms with E-state index in [1.165, 1.54) is 18.3 Å². The number of rotatable bonds is 4. The normalized spacial score (nSPS) is 20.5. The molecule has 2 aromatic rings. The van der Waals surface area contributed by atoms with Gasteiger partial charge in [-0.25, -0.2) is 0 Å². The quantitative estimate of drug-likeness (QED) is 0.884. The van der Waals surface area contributed by atoms with E-state index in [0.29, 0.717) is 22.4 Å². The fraction of sp³-hybridized carbons (Fsp3) is 0.412. The highest BCUT2D eigenvalue weighted by atomic mass is 35.5. The third-order valence-corrected chi connectivity index (χ3v) is 4.54. The smallest absolute Gasteiger partial charge is 0.387 e. The molecule has 1 fully saturated rings. The van der Waals surface area contributed by atoms with Gasteiger partial charge < -0.3 is 10.1 Å². The molecule has 4 nitrogen and oxygen atoms in total. The van der Waals surface area contributed by atoms with Crippen LogP contribution in [0, 0.1) is 5.92 Å². The molecule has 1 heterocycles. The Morgan fingerprint density at radius 1 is 1.38 bits per heavy atom. The van der Waals surface area contributed by atoms with Gasteiger partial charge in [-0.15, -0.1) is 0 Å². The van der Waals surface area contributed by atoms with Crippen molar-refractivity contribution in [1.82, 2.24) is 10.3 Å². The second-order valence-corrected chi connectivity index (χ2v) is 6.57. The lowest BCUT2D eigenvalue weighted by molar-refractivity contribution is -0.0497. The van der Waals surface area contributed by atoms with E-state index in [-0.39, 0.29) is 22.7 Å². The summed E-state index contributed by atoms with van der Waals surface area (Å²) < 4.78 is 29.0. The van der Waals surface area contributed by atoms with Gasteiger partial charge >= 0.3 is 6.61 Å². The number of nitrogens with one attached hydrogen (secondary N) is 1. The molecule has 1 aliphatic rings. The molecule has 24 heavy (non-hydrogen) atoms. The van der Waals surface area contributed by atoms with Crippen molar-refractivity contribution in [2.24, 2.45) is 5.92 Å². The molecular formula is C17H17ClF2N2O2. The fourth-order valence-electron chi connectivity index (χ4n) is 3.05. The minimum Gasteiger partial charge on any atom is -0.433 e. The van der Waals surface area contributed by atoms with Gasteiger partial charge in [-0.1, -0.05) is 18.5 Å². The number of carbonyl (C=O) groups excluding carboxylic acids is 1. The Morgan fingerprint density at radius 2 is 2.17 bits per heavy atom. The van der Waals surface area contributed by atoms with Crippen LogP contribution in [0.25, 0.3) is 10.9 Å². The van der Waals surface area contributed by atoms with Crippen LogP contribution in [0.4, 0.5) is 8.78 Å². The number of aromatic nitrogens is 1. The number of ether oxygens (including phenoxy) is 1. The predicted molar refractivity (Wildman–Crippen MR) is 87.7 cm³/mol. The van der Waals surface area contributed by atoms with Crippen LogP contribution in [0.3, 0.4) is 0 Å². The van der Waals surface area contributed by atoms with E-state index in [1.54, 1.807) is 6.07 Å². The van der Waals surface area contributed by atoms with Crippen molar-refractivity contribution < 1.29 is 18.3 Å². The van der Waals surface area contributed by atoms with Gasteiger partial charge in [-0.2, -0.15) is 8.78 Å². The molecule has 3 rings (SSSR count). The number of nitrogens with zero attached hydrogens (tertiary/aromatic N) is 1. The van der Waals surface area contributed by atoms with Gasteiger partial charge in [0.2, 0.25) is 0 Å². The Bertz CT molecular complexity index is 770. The molecule has 0 spiro atoms. The summed E-state index contributed by atoms with van der Waals surface area (Å²) in [5.41, 5.74) is 0.849. The zero-order valence-corrected chi connectivity index (χ0v) is 13.8. The molecule has 0 aliphatic heterocycles. The van der Waals surface area contributed by atoms with Crippen LogP contribution in [0.15, 0.2) is 24.4 Å². The largest absolute Gasteiger partial charge is 0.433 e. The van der Waals surface area contributed by atoms with Gasteiger partial charge in [0.05, 0.1) is 16.1 Å². The summed E-state index contributed by atoms with van der Waals surface area (Å²) in [5, 5.41) is 3.65. The summed E-state index contributed by atoms with van der Waals surface area (Å²) in [7, 11) is 0.